The molecule has 1 amide bonds. The highest BCUT2D eigenvalue weighted by atomic mass is 16.4. The zero-order chi connectivity index (χ0) is 19.6. The molecule has 6 nitrogen and oxygen atoms in total. The van der Waals surface area contributed by atoms with Gasteiger partial charge in [0.05, 0.1) is 0 Å². The average Bonchev–Trinajstić information content (AvgIpc) is 3.38. The van der Waals surface area contributed by atoms with Crippen LogP contribution in [0, 0.1) is 5.92 Å². The zero-order valence-corrected chi connectivity index (χ0v) is 16.2. The van der Waals surface area contributed by atoms with E-state index >= 15 is 0 Å². The van der Waals surface area contributed by atoms with Crippen LogP contribution in [0.1, 0.15) is 18.4 Å². The second-order valence-corrected chi connectivity index (χ2v) is 7.63. The second kappa shape index (κ2) is 7.62. The normalized spacial score (nSPS) is 15.2. The van der Waals surface area contributed by atoms with E-state index in [2.05, 4.69) is 32.3 Å². The first-order chi connectivity index (χ1) is 14.3. The highest BCUT2D eigenvalue weighted by molar-refractivity contribution is 5.83. The number of rotatable bonds is 5. The van der Waals surface area contributed by atoms with Gasteiger partial charge in [-0.15, -0.1) is 0 Å². The third-order valence-corrected chi connectivity index (χ3v) is 5.79. The van der Waals surface area contributed by atoms with Crippen LogP contribution < -0.4 is 10.2 Å². The lowest BCUT2D eigenvalue weighted by Gasteiger charge is -2.30. The number of hydrogen-bond acceptors (Lipinski definition) is 4. The Morgan fingerprint density at radius 2 is 1.93 bits per heavy atom. The fourth-order valence-electron chi connectivity index (χ4n) is 4.13. The van der Waals surface area contributed by atoms with Gasteiger partial charge in [0.25, 0.3) is 6.01 Å². The van der Waals surface area contributed by atoms with E-state index in [-0.39, 0.29) is 11.8 Å². The number of amides is 1. The number of carbonyl (C=O) groups is 1. The molecule has 5 rings (SSSR count). The topological polar surface area (TPSA) is 74.2 Å². The molecule has 29 heavy (non-hydrogen) atoms. The minimum Gasteiger partial charge on any atom is -0.423 e. The largest absolute Gasteiger partial charge is 0.423 e. The summed E-state index contributed by atoms with van der Waals surface area (Å²) in [6.45, 7) is 2.23. The maximum Gasteiger partial charge on any atom is 0.298 e. The maximum absolute atomic E-state index is 12.6. The molecule has 1 aliphatic rings. The van der Waals surface area contributed by atoms with E-state index in [0.717, 1.165) is 49.0 Å². The Balaban J connectivity index is 1.13. The number of anilines is 1. The van der Waals surface area contributed by atoms with Crippen LogP contribution in [0.5, 0.6) is 0 Å². The van der Waals surface area contributed by atoms with Gasteiger partial charge in [-0.1, -0.05) is 30.3 Å². The third-order valence-electron chi connectivity index (χ3n) is 5.79. The Labute approximate surface area is 168 Å². The number of oxazole rings is 1. The van der Waals surface area contributed by atoms with Crippen LogP contribution >= 0.6 is 0 Å². The van der Waals surface area contributed by atoms with Crippen molar-refractivity contribution in [2.24, 2.45) is 5.92 Å². The lowest BCUT2D eigenvalue weighted by atomic mass is 9.96. The first kappa shape index (κ1) is 17.8. The first-order valence-electron chi connectivity index (χ1n) is 10.2. The molecule has 0 saturated carbocycles. The molecule has 1 aliphatic heterocycles. The summed E-state index contributed by atoms with van der Waals surface area (Å²) in [4.78, 5) is 22.6. The Morgan fingerprint density at radius 1 is 1.14 bits per heavy atom. The van der Waals surface area contributed by atoms with Crippen molar-refractivity contribution in [3.05, 3.63) is 60.3 Å². The predicted molar refractivity (Wildman–Crippen MR) is 114 cm³/mol. The standard InChI is InChI=1S/C23H24N4O2/c28-22(24-12-9-17-15-25-19-6-2-1-5-18(17)19)16-10-13-27(14-11-16)23-26-20-7-3-4-8-21(20)29-23/h1-8,15-16,25H,9-14H2,(H,24,28). The van der Waals surface area contributed by atoms with E-state index in [0.29, 0.717) is 12.6 Å². The van der Waals surface area contributed by atoms with Gasteiger partial charge in [-0.25, -0.2) is 0 Å². The summed E-state index contributed by atoms with van der Waals surface area (Å²) in [5.41, 5.74) is 4.06. The molecule has 0 unspecified atom stereocenters. The van der Waals surface area contributed by atoms with Crippen LogP contribution in [0.2, 0.25) is 0 Å². The van der Waals surface area contributed by atoms with Gasteiger partial charge in [0.2, 0.25) is 5.91 Å². The summed E-state index contributed by atoms with van der Waals surface area (Å²) < 4.78 is 5.86. The molecular weight excluding hydrogens is 364 g/mol. The van der Waals surface area contributed by atoms with Gasteiger partial charge < -0.3 is 19.6 Å². The van der Waals surface area contributed by atoms with Crippen LogP contribution in [0.3, 0.4) is 0 Å². The smallest absolute Gasteiger partial charge is 0.298 e. The Morgan fingerprint density at radius 3 is 2.79 bits per heavy atom. The third kappa shape index (κ3) is 3.58. The van der Waals surface area contributed by atoms with Crippen molar-refractivity contribution in [1.82, 2.24) is 15.3 Å². The number of para-hydroxylation sites is 3. The summed E-state index contributed by atoms with van der Waals surface area (Å²) >= 11 is 0. The van der Waals surface area contributed by atoms with Crippen molar-refractivity contribution in [3.8, 4) is 0 Å². The second-order valence-electron chi connectivity index (χ2n) is 7.63. The predicted octanol–water partition coefficient (Wildman–Crippen LogP) is 3.88. The molecular formula is C23H24N4O2. The first-order valence-corrected chi connectivity index (χ1v) is 10.2. The number of aromatic nitrogens is 2. The number of H-pyrrole nitrogens is 1. The molecule has 2 aromatic carbocycles. The van der Waals surface area contributed by atoms with E-state index < -0.39 is 0 Å². The van der Waals surface area contributed by atoms with Crippen LogP contribution in [0.4, 0.5) is 6.01 Å². The molecule has 3 heterocycles. The molecule has 148 valence electrons. The summed E-state index contributed by atoms with van der Waals surface area (Å²) in [6, 6.07) is 16.7. The quantitative estimate of drug-likeness (QED) is 0.544. The van der Waals surface area contributed by atoms with Crippen molar-refractivity contribution in [2.45, 2.75) is 19.3 Å². The molecule has 6 heteroatoms. The molecule has 0 radical (unpaired) electrons. The summed E-state index contributed by atoms with van der Waals surface area (Å²) in [5, 5.41) is 4.35. The Kier molecular flexibility index (Phi) is 4.68. The number of carbonyl (C=O) groups excluding carboxylic acids is 1. The maximum atomic E-state index is 12.6. The molecule has 0 bridgehead atoms. The molecule has 4 aromatic rings. The van der Waals surface area contributed by atoms with Gasteiger partial charge in [-0.2, -0.15) is 4.98 Å². The number of nitrogens with zero attached hydrogens (tertiary/aromatic N) is 2. The average molecular weight is 388 g/mol. The number of nitrogens with one attached hydrogen (secondary N) is 2. The molecule has 1 fully saturated rings. The van der Waals surface area contributed by atoms with Crippen molar-refractivity contribution in [1.29, 1.82) is 0 Å². The van der Waals surface area contributed by atoms with E-state index in [9.17, 15) is 4.79 Å². The number of hydrogen-bond donors (Lipinski definition) is 2. The summed E-state index contributed by atoms with van der Waals surface area (Å²) in [7, 11) is 0. The number of benzene rings is 2. The van der Waals surface area contributed by atoms with E-state index in [1.807, 2.05) is 42.6 Å². The zero-order valence-electron chi connectivity index (χ0n) is 16.2. The van der Waals surface area contributed by atoms with Crippen molar-refractivity contribution >= 4 is 33.9 Å². The van der Waals surface area contributed by atoms with E-state index in [1.54, 1.807) is 0 Å². The number of piperidine rings is 1. The fraction of sp³-hybridized carbons (Fsp3) is 0.304. The van der Waals surface area contributed by atoms with Crippen LogP contribution in [0.25, 0.3) is 22.0 Å². The molecule has 0 aliphatic carbocycles. The fourth-order valence-corrected chi connectivity index (χ4v) is 4.13. The Hall–Kier alpha value is -3.28. The molecule has 2 aromatic heterocycles. The van der Waals surface area contributed by atoms with Crippen LogP contribution in [0.15, 0.2) is 59.1 Å². The van der Waals surface area contributed by atoms with Gasteiger partial charge in [-0.05, 0) is 43.0 Å². The lowest BCUT2D eigenvalue weighted by Crippen LogP contribution is -2.41. The van der Waals surface area contributed by atoms with E-state index in [4.69, 9.17) is 4.42 Å². The van der Waals surface area contributed by atoms with Gasteiger partial charge >= 0.3 is 0 Å². The van der Waals surface area contributed by atoms with Crippen LogP contribution in [-0.2, 0) is 11.2 Å². The van der Waals surface area contributed by atoms with Crippen molar-refractivity contribution in [3.63, 3.8) is 0 Å². The van der Waals surface area contributed by atoms with E-state index in [1.165, 1.54) is 10.9 Å². The summed E-state index contributed by atoms with van der Waals surface area (Å²) in [5.74, 6) is 0.209. The van der Waals surface area contributed by atoms with Gasteiger partial charge in [-0.3, -0.25) is 4.79 Å². The van der Waals surface area contributed by atoms with Crippen molar-refractivity contribution < 1.29 is 9.21 Å². The minimum absolute atomic E-state index is 0.0543. The lowest BCUT2D eigenvalue weighted by molar-refractivity contribution is -0.125. The number of aromatic amines is 1. The number of fused-ring (bicyclic) bond motifs is 2. The Bertz CT molecular complexity index is 1100. The van der Waals surface area contributed by atoms with Gasteiger partial charge in [0.1, 0.15) is 5.52 Å². The molecule has 1 saturated heterocycles. The summed E-state index contributed by atoms with van der Waals surface area (Å²) in [6.07, 6.45) is 4.50. The highest BCUT2D eigenvalue weighted by Crippen LogP contribution is 2.26. The van der Waals surface area contributed by atoms with Crippen LogP contribution in [-0.4, -0.2) is 35.5 Å². The van der Waals surface area contributed by atoms with Crippen molar-refractivity contribution in [2.75, 3.05) is 24.5 Å². The monoisotopic (exact) mass is 388 g/mol. The van der Waals surface area contributed by atoms with Gasteiger partial charge in [0.15, 0.2) is 5.58 Å². The molecule has 0 atom stereocenters. The highest BCUT2D eigenvalue weighted by Gasteiger charge is 2.27. The minimum atomic E-state index is 0.0543. The SMILES string of the molecule is O=C(NCCc1c[nH]c2ccccc12)C1CCN(c2nc3ccccc3o2)CC1. The van der Waals surface area contributed by atoms with Gasteiger partial charge in [0, 0.05) is 42.7 Å². The molecule has 2 N–H and O–H groups in total. The molecule has 0 spiro atoms.